The maximum atomic E-state index is 12.1. The zero-order valence-electron chi connectivity index (χ0n) is 10.3. The van der Waals surface area contributed by atoms with E-state index in [1.54, 1.807) is 0 Å². The SMILES string of the molecule is Nc1ccc(C(=O)O)c(S(=O)(=O)NCCC2CC2)c1. The van der Waals surface area contributed by atoms with Gasteiger partial charge in [0.05, 0.1) is 10.5 Å². The van der Waals surface area contributed by atoms with Crippen LogP contribution in [0.1, 0.15) is 29.6 Å². The van der Waals surface area contributed by atoms with Gasteiger partial charge in [-0.15, -0.1) is 0 Å². The second-order valence-electron chi connectivity index (χ2n) is 4.69. The van der Waals surface area contributed by atoms with Gasteiger partial charge < -0.3 is 10.8 Å². The maximum Gasteiger partial charge on any atom is 0.337 e. The number of rotatable bonds is 6. The van der Waals surface area contributed by atoms with Crippen LogP contribution in [0, 0.1) is 5.92 Å². The predicted octanol–water partition coefficient (Wildman–Crippen LogP) is 1.05. The molecule has 0 radical (unpaired) electrons. The lowest BCUT2D eigenvalue weighted by Gasteiger charge is -2.10. The minimum Gasteiger partial charge on any atom is -0.478 e. The summed E-state index contributed by atoms with van der Waals surface area (Å²) in [6.45, 7) is 0.320. The van der Waals surface area contributed by atoms with Crippen LogP contribution in [0.15, 0.2) is 23.1 Å². The van der Waals surface area contributed by atoms with Gasteiger partial charge in [0, 0.05) is 12.2 Å². The van der Waals surface area contributed by atoms with Crippen LogP contribution in [-0.4, -0.2) is 26.0 Å². The first-order valence-electron chi connectivity index (χ1n) is 6.02. The summed E-state index contributed by atoms with van der Waals surface area (Å²) in [6.07, 6.45) is 3.06. The predicted molar refractivity (Wildman–Crippen MR) is 70.3 cm³/mol. The van der Waals surface area contributed by atoms with Crippen molar-refractivity contribution in [1.82, 2.24) is 4.72 Å². The molecule has 4 N–H and O–H groups in total. The first-order valence-corrected chi connectivity index (χ1v) is 7.51. The number of nitrogens with one attached hydrogen (secondary N) is 1. The monoisotopic (exact) mass is 284 g/mol. The molecular weight excluding hydrogens is 268 g/mol. The maximum absolute atomic E-state index is 12.1. The Morgan fingerprint density at radius 2 is 2.11 bits per heavy atom. The Hall–Kier alpha value is -1.60. The third-order valence-corrected chi connectivity index (χ3v) is 4.57. The van der Waals surface area contributed by atoms with E-state index < -0.39 is 16.0 Å². The number of carboxylic acids is 1. The summed E-state index contributed by atoms with van der Waals surface area (Å²) in [5, 5.41) is 9.01. The van der Waals surface area contributed by atoms with Crippen molar-refractivity contribution in [2.75, 3.05) is 12.3 Å². The molecule has 0 aliphatic heterocycles. The van der Waals surface area contributed by atoms with Crippen LogP contribution in [0.25, 0.3) is 0 Å². The molecule has 6 nitrogen and oxygen atoms in total. The third-order valence-electron chi connectivity index (χ3n) is 3.07. The summed E-state index contributed by atoms with van der Waals surface area (Å²) >= 11 is 0. The first kappa shape index (κ1) is 13.8. The van der Waals surface area contributed by atoms with E-state index in [9.17, 15) is 13.2 Å². The van der Waals surface area contributed by atoms with Gasteiger partial charge in [0.2, 0.25) is 10.0 Å². The first-order chi connectivity index (χ1) is 8.90. The van der Waals surface area contributed by atoms with Gasteiger partial charge >= 0.3 is 5.97 Å². The van der Waals surface area contributed by atoms with Crippen LogP contribution in [0.3, 0.4) is 0 Å². The van der Waals surface area contributed by atoms with Gasteiger partial charge in [0.25, 0.3) is 0 Å². The quantitative estimate of drug-likeness (QED) is 0.676. The summed E-state index contributed by atoms with van der Waals surface area (Å²) < 4.78 is 26.6. The summed E-state index contributed by atoms with van der Waals surface area (Å²) in [6, 6.07) is 3.74. The van der Waals surface area contributed by atoms with Crippen molar-refractivity contribution in [3.8, 4) is 0 Å². The fourth-order valence-electron chi connectivity index (χ4n) is 1.82. The molecule has 19 heavy (non-hydrogen) atoms. The van der Waals surface area contributed by atoms with Crippen molar-refractivity contribution in [3.63, 3.8) is 0 Å². The molecule has 1 aliphatic rings. The molecular formula is C12H16N2O4S. The van der Waals surface area contributed by atoms with Gasteiger partial charge in [-0.25, -0.2) is 17.9 Å². The molecule has 0 saturated heterocycles. The number of carboxylic acid groups (broad SMARTS) is 1. The zero-order chi connectivity index (χ0) is 14.0. The van der Waals surface area contributed by atoms with Crippen LogP contribution >= 0.6 is 0 Å². The highest BCUT2D eigenvalue weighted by molar-refractivity contribution is 7.89. The van der Waals surface area contributed by atoms with Crippen LogP contribution < -0.4 is 10.5 Å². The number of hydrogen-bond acceptors (Lipinski definition) is 4. The number of nitrogen functional groups attached to an aromatic ring is 1. The Labute approximate surface area is 111 Å². The molecule has 1 aromatic carbocycles. The van der Waals surface area contributed by atoms with Crippen molar-refractivity contribution in [1.29, 1.82) is 0 Å². The molecule has 104 valence electrons. The normalized spacial score (nSPS) is 15.4. The van der Waals surface area contributed by atoms with Gasteiger partial charge in [0.15, 0.2) is 0 Å². The second-order valence-corrected chi connectivity index (χ2v) is 6.43. The highest BCUT2D eigenvalue weighted by Gasteiger charge is 2.25. The van der Waals surface area contributed by atoms with Gasteiger partial charge in [-0.05, 0) is 30.5 Å². The van der Waals surface area contributed by atoms with E-state index in [0.717, 1.165) is 19.3 Å². The Balaban J connectivity index is 2.21. The van der Waals surface area contributed by atoms with Crippen LogP contribution in [-0.2, 0) is 10.0 Å². The highest BCUT2D eigenvalue weighted by atomic mass is 32.2. The van der Waals surface area contributed by atoms with Crippen LogP contribution in [0.5, 0.6) is 0 Å². The van der Waals surface area contributed by atoms with Crippen molar-refractivity contribution in [3.05, 3.63) is 23.8 Å². The van der Waals surface area contributed by atoms with Gasteiger partial charge in [-0.1, -0.05) is 12.8 Å². The van der Waals surface area contributed by atoms with Crippen LogP contribution in [0.4, 0.5) is 5.69 Å². The van der Waals surface area contributed by atoms with Gasteiger partial charge in [-0.3, -0.25) is 0 Å². The summed E-state index contributed by atoms with van der Waals surface area (Å²) in [5.41, 5.74) is 5.47. The van der Waals surface area contributed by atoms with Gasteiger partial charge in [-0.2, -0.15) is 0 Å². The Bertz CT molecular complexity index is 594. The van der Waals surface area contributed by atoms with Crippen molar-refractivity contribution < 1.29 is 18.3 Å². The molecule has 0 aromatic heterocycles. The van der Waals surface area contributed by atoms with E-state index in [0.29, 0.717) is 12.5 Å². The number of carbonyl (C=O) groups is 1. The molecule has 2 rings (SSSR count). The molecule has 1 saturated carbocycles. The lowest BCUT2D eigenvalue weighted by molar-refractivity contribution is 0.0692. The number of nitrogens with two attached hydrogens (primary N) is 1. The van der Waals surface area contributed by atoms with E-state index in [-0.39, 0.29) is 16.1 Å². The molecule has 0 atom stereocenters. The second kappa shape index (κ2) is 5.18. The zero-order valence-corrected chi connectivity index (χ0v) is 11.1. The highest BCUT2D eigenvalue weighted by Crippen LogP contribution is 2.31. The van der Waals surface area contributed by atoms with E-state index >= 15 is 0 Å². The van der Waals surface area contributed by atoms with E-state index in [1.165, 1.54) is 18.2 Å². The summed E-state index contributed by atoms with van der Waals surface area (Å²) in [7, 11) is -3.84. The molecule has 1 aromatic rings. The lowest BCUT2D eigenvalue weighted by Crippen LogP contribution is -2.27. The van der Waals surface area contributed by atoms with Crippen molar-refractivity contribution in [2.45, 2.75) is 24.2 Å². The summed E-state index contributed by atoms with van der Waals surface area (Å²) in [4.78, 5) is 10.8. The van der Waals surface area contributed by atoms with E-state index in [1.807, 2.05) is 0 Å². The average molecular weight is 284 g/mol. The molecule has 0 bridgehead atoms. The Morgan fingerprint density at radius 1 is 1.42 bits per heavy atom. The molecule has 0 spiro atoms. The minimum atomic E-state index is -3.84. The molecule has 1 fully saturated rings. The third kappa shape index (κ3) is 3.45. The summed E-state index contributed by atoms with van der Waals surface area (Å²) in [5.74, 6) is -0.690. The average Bonchev–Trinajstić information content (AvgIpc) is 3.12. The number of benzene rings is 1. The smallest absolute Gasteiger partial charge is 0.337 e. The van der Waals surface area contributed by atoms with Crippen LogP contribution in [0.2, 0.25) is 0 Å². The van der Waals surface area contributed by atoms with Crippen molar-refractivity contribution >= 4 is 21.7 Å². The molecule has 0 heterocycles. The number of sulfonamides is 1. The van der Waals surface area contributed by atoms with E-state index in [2.05, 4.69) is 4.72 Å². The lowest BCUT2D eigenvalue weighted by atomic mass is 10.2. The standard InChI is InChI=1S/C12H16N2O4S/c13-9-3-4-10(12(15)16)11(7-9)19(17,18)14-6-5-8-1-2-8/h3-4,7-8,14H,1-2,5-6,13H2,(H,15,16). The molecule has 7 heteroatoms. The fourth-order valence-corrected chi connectivity index (χ4v) is 3.10. The Kier molecular flexibility index (Phi) is 3.77. The van der Waals surface area contributed by atoms with E-state index in [4.69, 9.17) is 10.8 Å². The largest absolute Gasteiger partial charge is 0.478 e. The van der Waals surface area contributed by atoms with Crippen molar-refractivity contribution in [2.24, 2.45) is 5.92 Å². The number of hydrogen-bond donors (Lipinski definition) is 3. The molecule has 0 amide bonds. The minimum absolute atomic E-state index is 0.215. The Morgan fingerprint density at radius 3 is 2.68 bits per heavy atom. The fraction of sp³-hybridized carbons (Fsp3) is 0.417. The number of aromatic carboxylic acids is 1. The number of anilines is 1. The molecule has 0 unspecified atom stereocenters. The molecule has 1 aliphatic carbocycles. The topological polar surface area (TPSA) is 109 Å². The van der Waals surface area contributed by atoms with Gasteiger partial charge in [0.1, 0.15) is 0 Å².